The maximum Gasteiger partial charge on any atom is 0.0587 e. The molecule has 2 rings (SSSR count). The van der Waals surface area contributed by atoms with Crippen LogP contribution in [-0.4, -0.2) is 51.3 Å². The largest absolute Gasteiger partial charge is 0.383 e. The van der Waals surface area contributed by atoms with E-state index in [4.69, 9.17) is 4.74 Å². The number of methoxy groups -OCH3 is 1. The summed E-state index contributed by atoms with van der Waals surface area (Å²) in [6.45, 7) is 9.42. The fourth-order valence-electron chi connectivity index (χ4n) is 4.43. The molecule has 1 N–H and O–H groups in total. The Bertz CT molecular complexity index is 276. The summed E-state index contributed by atoms with van der Waals surface area (Å²) in [6, 6.07) is 0. The summed E-state index contributed by atoms with van der Waals surface area (Å²) < 4.78 is 5.18. The van der Waals surface area contributed by atoms with Crippen LogP contribution in [0, 0.1) is 11.3 Å². The van der Waals surface area contributed by atoms with Crippen LogP contribution in [0.5, 0.6) is 0 Å². The predicted molar refractivity (Wildman–Crippen MR) is 89.7 cm³/mol. The lowest BCUT2D eigenvalue weighted by molar-refractivity contribution is 0.0791. The molecule has 1 saturated carbocycles. The third-order valence-corrected chi connectivity index (χ3v) is 5.43. The SMILES string of the molecule is COCCNCC1(CN2CCCCCC2)CCCC(C)C1. The van der Waals surface area contributed by atoms with Gasteiger partial charge in [0.2, 0.25) is 0 Å². The molecule has 2 atom stereocenters. The van der Waals surface area contributed by atoms with Gasteiger partial charge in [0.1, 0.15) is 0 Å². The first-order chi connectivity index (χ1) is 10.2. The summed E-state index contributed by atoms with van der Waals surface area (Å²) in [4.78, 5) is 2.77. The minimum Gasteiger partial charge on any atom is -0.383 e. The van der Waals surface area contributed by atoms with E-state index in [0.717, 1.165) is 19.1 Å². The minimum absolute atomic E-state index is 0.510. The van der Waals surface area contributed by atoms with Crippen molar-refractivity contribution < 1.29 is 4.74 Å². The number of likely N-dealkylation sites (tertiary alicyclic amines) is 1. The van der Waals surface area contributed by atoms with Gasteiger partial charge in [0.05, 0.1) is 6.61 Å². The Morgan fingerprint density at radius 1 is 1.14 bits per heavy atom. The first-order valence-corrected chi connectivity index (χ1v) is 9.16. The lowest BCUT2D eigenvalue weighted by Crippen LogP contribution is -2.47. The second kappa shape index (κ2) is 9.12. The number of nitrogens with zero attached hydrogens (tertiary/aromatic N) is 1. The van der Waals surface area contributed by atoms with Gasteiger partial charge in [-0.1, -0.05) is 32.6 Å². The standard InChI is InChI=1S/C18H36N2O/c1-17-8-7-9-18(14-17,15-19-10-13-21-2)16-20-11-5-3-4-6-12-20/h17,19H,3-16H2,1-2H3. The van der Waals surface area contributed by atoms with E-state index in [1.807, 2.05) is 0 Å². The Labute approximate surface area is 131 Å². The Balaban J connectivity index is 1.90. The zero-order valence-corrected chi connectivity index (χ0v) is 14.3. The molecule has 1 saturated heterocycles. The highest BCUT2D eigenvalue weighted by atomic mass is 16.5. The predicted octanol–water partition coefficient (Wildman–Crippen LogP) is 3.29. The summed E-state index contributed by atoms with van der Waals surface area (Å²) >= 11 is 0. The third-order valence-electron chi connectivity index (χ3n) is 5.43. The number of ether oxygens (including phenoxy) is 1. The molecule has 1 heterocycles. The molecule has 1 aliphatic heterocycles. The van der Waals surface area contributed by atoms with Crippen molar-refractivity contribution in [3.8, 4) is 0 Å². The van der Waals surface area contributed by atoms with Crippen molar-refractivity contribution >= 4 is 0 Å². The first-order valence-electron chi connectivity index (χ1n) is 9.16. The average Bonchev–Trinajstić information content (AvgIpc) is 2.72. The highest BCUT2D eigenvalue weighted by Gasteiger charge is 2.36. The van der Waals surface area contributed by atoms with E-state index in [-0.39, 0.29) is 0 Å². The Morgan fingerprint density at radius 2 is 1.90 bits per heavy atom. The molecule has 0 radical (unpaired) electrons. The van der Waals surface area contributed by atoms with E-state index in [1.54, 1.807) is 7.11 Å². The van der Waals surface area contributed by atoms with Gasteiger partial charge in [0.25, 0.3) is 0 Å². The van der Waals surface area contributed by atoms with Crippen LogP contribution >= 0.6 is 0 Å². The average molecular weight is 296 g/mol. The van der Waals surface area contributed by atoms with Crippen molar-refractivity contribution in [2.45, 2.75) is 58.3 Å². The Morgan fingerprint density at radius 3 is 2.57 bits per heavy atom. The Kier molecular flexibility index (Phi) is 7.48. The highest BCUT2D eigenvalue weighted by Crippen LogP contribution is 2.40. The van der Waals surface area contributed by atoms with E-state index in [1.165, 1.54) is 77.5 Å². The molecule has 21 heavy (non-hydrogen) atoms. The summed E-state index contributed by atoms with van der Waals surface area (Å²) in [5.74, 6) is 0.898. The van der Waals surface area contributed by atoms with Gasteiger partial charge in [0.15, 0.2) is 0 Å². The topological polar surface area (TPSA) is 24.5 Å². The van der Waals surface area contributed by atoms with Gasteiger partial charge in [-0.2, -0.15) is 0 Å². The van der Waals surface area contributed by atoms with E-state index in [2.05, 4.69) is 17.1 Å². The molecule has 2 unspecified atom stereocenters. The molecule has 1 aliphatic carbocycles. The van der Waals surface area contributed by atoms with E-state index in [0.29, 0.717) is 5.41 Å². The fourth-order valence-corrected chi connectivity index (χ4v) is 4.43. The Hall–Kier alpha value is -0.120. The highest BCUT2D eigenvalue weighted by molar-refractivity contribution is 4.90. The normalized spacial score (nSPS) is 32.0. The maximum atomic E-state index is 5.18. The minimum atomic E-state index is 0.510. The molecule has 2 fully saturated rings. The van der Waals surface area contributed by atoms with Gasteiger partial charge >= 0.3 is 0 Å². The lowest BCUT2D eigenvalue weighted by atomic mass is 9.69. The fraction of sp³-hybridized carbons (Fsp3) is 1.00. The van der Waals surface area contributed by atoms with Crippen LogP contribution in [0.1, 0.15) is 58.3 Å². The van der Waals surface area contributed by atoms with Crippen LogP contribution < -0.4 is 5.32 Å². The quantitative estimate of drug-likeness (QED) is 0.730. The van der Waals surface area contributed by atoms with Crippen molar-refractivity contribution in [1.29, 1.82) is 0 Å². The van der Waals surface area contributed by atoms with Crippen LogP contribution in [0.4, 0.5) is 0 Å². The smallest absolute Gasteiger partial charge is 0.0587 e. The molecular formula is C18H36N2O. The summed E-state index contributed by atoms with van der Waals surface area (Å²) in [5, 5.41) is 3.67. The summed E-state index contributed by atoms with van der Waals surface area (Å²) in [6.07, 6.45) is 11.3. The molecular weight excluding hydrogens is 260 g/mol. The van der Waals surface area contributed by atoms with Gasteiger partial charge in [-0.15, -0.1) is 0 Å². The second-order valence-corrected chi connectivity index (χ2v) is 7.56. The molecule has 0 bridgehead atoms. The molecule has 0 spiro atoms. The third kappa shape index (κ3) is 5.88. The lowest BCUT2D eigenvalue weighted by Gasteiger charge is -2.43. The van der Waals surface area contributed by atoms with Crippen molar-refractivity contribution in [3.05, 3.63) is 0 Å². The number of nitrogens with one attached hydrogen (secondary N) is 1. The van der Waals surface area contributed by atoms with Gasteiger partial charge in [-0.3, -0.25) is 0 Å². The zero-order chi connectivity index (χ0) is 15.0. The van der Waals surface area contributed by atoms with Crippen LogP contribution in [0.25, 0.3) is 0 Å². The van der Waals surface area contributed by atoms with Crippen molar-refractivity contribution in [1.82, 2.24) is 10.2 Å². The van der Waals surface area contributed by atoms with Gasteiger partial charge in [-0.05, 0) is 50.1 Å². The molecule has 0 aromatic carbocycles. The van der Waals surface area contributed by atoms with E-state index >= 15 is 0 Å². The van der Waals surface area contributed by atoms with Crippen molar-refractivity contribution in [2.75, 3.05) is 46.4 Å². The number of hydrogen-bond acceptors (Lipinski definition) is 3. The summed E-state index contributed by atoms with van der Waals surface area (Å²) in [5.41, 5.74) is 0.510. The zero-order valence-electron chi connectivity index (χ0n) is 14.3. The molecule has 2 aliphatic rings. The van der Waals surface area contributed by atoms with Crippen molar-refractivity contribution in [2.24, 2.45) is 11.3 Å². The van der Waals surface area contributed by atoms with Gasteiger partial charge in [-0.25, -0.2) is 0 Å². The molecule has 3 heteroatoms. The van der Waals surface area contributed by atoms with Crippen LogP contribution in [-0.2, 0) is 4.74 Å². The second-order valence-electron chi connectivity index (χ2n) is 7.56. The molecule has 0 aromatic rings. The number of rotatable bonds is 7. The monoisotopic (exact) mass is 296 g/mol. The maximum absolute atomic E-state index is 5.18. The molecule has 0 aromatic heterocycles. The van der Waals surface area contributed by atoms with Gasteiger partial charge in [0, 0.05) is 26.7 Å². The molecule has 3 nitrogen and oxygen atoms in total. The van der Waals surface area contributed by atoms with E-state index in [9.17, 15) is 0 Å². The molecule has 0 amide bonds. The van der Waals surface area contributed by atoms with E-state index < -0.39 is 0 Å². The summed E-state index contributed by atoms with van der Waals surface area (Å²) in [7, 11) is 1.79. The van der Waals surface area contributed by atoms with Crippen molar-refractivity contribution in [3.63, 3.8) is 0 Å². The van der Waals surface area contributed by atoms with Crippen LogP contribution in [0.2, 0.25) is 0 Å². The van der Waals surface area contributed by atoms with Crippen LogP contribution in [0.3, 0.4) is 0 Å². The molecule has 124 valence electrons. The first kappa shape index (κ1) is 17.2. The van der Waals surface area contributed by atoms with Gasteiger partial charge < -0.3 is 15.0 Å². The number of hydrogen-bond donors (Lipinski definition) is 1. The van der Waals surface area contributed by atoms with Crippen LogP contribution in [0.15, 0.2) is 0 Å².